The van der Waals surface area contributed by atoms with Crippen molar-refractivity contribution in [2.75, 3.05) is 5.75 Å². The lowest BCUT2D eigenvalue weighted by molar-refractivity contribution is -0.138. The van der Waals surface area contributed by atoms with Crippen LogP contribution in [0.4, 0.5) is 0 Å². The van der Waals surface area contributed by atoms with Crippen LogP contribution in [0.2, 0.25) is 0 Å². The minimum absolute atomic E-state index is 0.138. The van der Waals surface area contributed by atoms with Crippen molar-refractivity contribution in [3.8, 4) is 0 Å². The van der Waals surface area contributed by atoms with E-state index in [2.05, 4.69) is 17.4 Å². The number of carboxylic acids is 1. The van der Waals surface area contributed by atoms with E-state index >= 15 is 0 Å². The summed E-state index contributed by atoms with van der Waals surface area (Å²) in [7, 11) is -3.87. The molecule has 8 heteroatoms. The summed E-state index contributed by atoms with van der Waals surface area (Å²) >= 11 is 0. The van der Waals surface area contributed by atoms with Gasteiger partial charge in [-0.2, -0.15) is 8.42 Å². The molecule has 7 nitrogen and oxygen atoms in total. The molecule has 0 spiro atoms. The molecule has 4 saturated carbocycles. The van der Waals surface area contributed by atoms with E-state index in [-0.39, 0.29) is 11.3 Å². The number of aliphatic carboxylic acids is 1. The van der Waals surface area contributed by atoms with E-state index < -0.39 is 22.1 Å². The third kappa shape index (κ3) is 5.71. The second-order valence-electron chi connectivity index (χ2n) is 10.8. The summed E-state index contributed by atoms with van der Waals surface area (Å²) in [6.07, 6.45) is 10.1. The molecule has 0 aromatic heterocycles. The number of unbranched alkanes of at least 4 members (excludes halogenated alkanes) is 1. The molecule has 32 heavy (non-hydrogen) atoms. The van der Waals surface area contributed by atoms with Crippen molar-refractivity contribution in [2.45, 2.75) is 82.3 Å². The van der Waals surface area contributed by atoms with Crippen LogP contribution in [-0.4, -0.2) is 41.4 Å². The molecule has 0 radical (unpaired) electrons. The number of nitrogens with two attached hydrogens (primary N) is 1. The second-order valence-corrected chi connectivity index (χ2v) is 12.4. The third-order valence-electron chi connectivity index (χ3n) is 7.97. The number of carbonyl (C=O) groups is 1. The second kappa shape index (κ2) is 9.05. The molecule has 4 bridgehead atoms. The van der Waals surface area contributed by atoms with Crippen LogP contribution >= 0.6 is 0 Å². The number of carboxylic acid groups (broad SMARTS) is 1. The molecule has 2 unspecified atom stereocenters. The Hall–Kier alpha value is -1.48. The molecule has 0 amide bonds. The van der Waals surface area contributed by atoms with Gasteiger partial charge in [0.15, 0.2) is 0 Å². The van der Waals surface area contributed by atoms with Gasteiger partial charge in [0.05, 0.1) is 5.75 Å². The number of nitrogens with one attached hydrogen (secondary N) is 1. The fourth-order valence-electron chi connectivity index (χ4n) is 7.23. The Kier molecular flexibility index (Phi) is 6.69. The largest absolute Gasteiger partial charge is 0.480 e. The van der Waals surface area contributed by atoms with Crippen molar-refractivity contribution < 1.29 is 22.9 Å². The van der Waals surface area contributed by atoms with Crippen LogP contribution in [0.3, 0.4) is 0 Å². The average molecular weight is 465 g/mol. The topological polar surface area (TPSA) is 130 Å². The highest BCUT2D eigenvalue weighted by Gasteiger charge is 2.56. The highest BCUT2D eigenvalue weighted by atomic mass is 32.2. The predicted octanol–water partition coefficient (Wildman–Crippen LogP) is 3.13. The van der Waals surface area contributed by atoms with Gasteiger partial charge in [-0.05, 0) is 86.2 Å². The Morgan fingerprint density at radius 2 is 1.84 bits per heavy atom. The van der Waals surface area contributed by atoms with E-state index in [0.29, 0.717) is 18.3 Å². The maximum absolute atomic E-state index is 11.1. The van der Waals surface area contributed by atoms with E-state index in [9.17, 15) is 13.2 Å². The molecule has 178 valence electrons. The molecule has 3 atom stereocenters. The van der Waals surface area contributed by atoms with Crippen molar-refractivity contribution in [1.82, 2.24) is 5.32 Å². The first kappa shape index (κ1) is 23.7. The number of rotatable bonds is 11. The Morgan fingerprint density at radius 3 is 2.50 bits per heavy atom. The molecule has 0 heterocycles. The van der Waals surface area contributed by atoms with Gasteiger partial charge in [0, 0.05) is 12.1 Å². The standard InChI is InChI=1S/C24H36N2O5S/c25-21(22(27)28)10-17-4-3-5-18(8-17)15-26-24-13-19-9-20(14-24)12-23(11-19,16-24)6-1-2-7-32(29,30)31/h3-5,8,19-21,26H,1-2,6-7,9-16,25H2,(H,27,28)(H,29,30,31)/t19?,20?,21-,23?,24?/m0/s1. The van der Waals surface area contributed by atoms with Crippen molar-refractivity contribution in [3.05, 3.63) is 35.4 Å². The fourth-order valence-corrected chi connectivity index (χ4v) is 7.80. The lowest BCUT2D eigenvalue weighted by Gasteiger charge is -2.63. The highest BCUT2D eigenvalue weighted by Crippen LogP contribution is 2.63. The first-order chi connectivity index (χ1) is 15.1. The zero-order chi connectivity index (χ0) is 23.0. The van der Waals surface area contributed by atoms with E-state index in [1.54, 1.807) is 0 Å². The Morgan fingerprint density at radius 1 is 1.16 bits per heavy atom. The zero-order valence-electron chi connectivity index (χ0n) is 18.6. The maximum Gasteiger partial charge on any atom is 0.320 e. The molecule has 4 aliphatic rings. The van der Waals surface area contributed by atoms with Gasteiger partial charge in [-0.25, -0.2) is 0 Å². The highest BCUT2D eigenvalue weighted by molar-refractivity contribution is 7.85. The van der Waals surface area contributed by atoms with Crippen molar-refractivity contribution in [1.29, 1.82) is 0 Å². The van der Waals surface area contributed by atoms with E-state index in [1.807, 2.05) is 12.1 Å². The van der Waals surface area contributed by atoms with Gasteiger partial charge in [-0.3, -0.25) is 9.35 Å². The summed E-state index contributed by atoms with van der Waals surface area (Å²) in [5, 5.41) is 13.0. The molecule has 0 saturated heterocycles. The molecule has 4 aliphatic carbocycles. The smallest absolute Gasteiger partial charge is 0.320 e. The molecule has 1 aromatic rings. The van der Waals surface area contributed by atoms with Crippen molar-refractivity contribution >= 4 is 16.1 Å². The van der Waals surface area contributed by atoms with Gasteiger partial charge in [-0.1, -0.05) is 30.7 Å². The van der Waals surface area contributed by atoms with Crippen molar-refractivity contribution in [3.63, 3.8) is 0 Å². The van der Waals surface area contributed by atoms with Gasteiger partial charge < -0.3 is 16.2 Å². The summed E-state index contributed by atoms with van der Waals surface area (Å²) in [4.78, 5) is 11.1. The van der Waals surface area contributed by atoms with Gasteiger partial charge in [0.2, 0.25) is 0 Å². The summed E-state index contributed by atoms with van der Waals surface area (Å²) in [5.74, 6) is 0.362. The summed E-state index contributed by atoms with van der Waals surface area (Å²) in [5.41, 5.74) is 8.23. The van der Waals surface area contributed by atoms with Crippen LogP contribution in [0.1, 0.15) is 68.9 Å². The molecular formula is C24H36N2O5S. The zero-order valence-corrected chi connectivity index (χ0v) is 19.4. The molecule has 1 aromatic carbocycles. The lowest BCUT2D eigenvalue weighted by atomic mass is 9.46. The van der Waals surface area contributed by atoms with E-state index in [1.165, 1.54) is 32.1 Å². The molecule has 5 N–H and O–H groups in total. The summed E-state index contributed by atoms with van der Waals surface area (Å²) in [6.45, 7) is 0.758. The molecule has 0 aliphatic heterocycles. The summed E-state index contributed by atoms with van der Waals surface area (Å²) < 4.78 is 31.1. The van der Waals surface area contributed by atoms with Crippen LogP contribution in [0.5, 0.6) is 0 Å². The predicted molar refractivity (Wildman–Crippen MR) is 123 cm³/mol. The SMILES string of the molecule is N[C@@H](Cc1cccc(CNC23CC4CC(CC(CCCCS(=O)(=O)O)(C4)C2)C3)c1)C(=O)O. The Labute approximate surface area is 190 Å². The minimum Gasteiger partial charge on any atom is -0.480 e. The van der Waals surface area contributed by atoms with Gasteiger partial charge in [-0.15, -0.1) is 0 Å². The van der Waals surface area contributed by atoms with Crippen LogP contribution < -0.4 is 11.1 Å². The Balaban J connectivity index is 1.38. The van der Waals surface area contributed by atoms with Crippen LogP contribution in [0, 0.1) is 17.3 Å². The number of hydrogen-bond acceptors (Lipinski definition) is 5. The number of benzene rings is 1. The van der Waals surface area contributed by atoms with Crippen molar-refractivity contribution in [2.24, 2.45) is 23.0 Å². The fraction of sp³-hybridized carbons (Fsp3) is 0.708. The van der Waals surface area contributed by atoms with Gasteiger partial charge in [0.25, 0.3) is 10.1 Å². The van der Waals surface area contributed by atoms with Gasteiger partial charge >= 0.3 is 5.97 Å². The number of hydrogen-bond donors (Lipinski definition) is 4. The molecule has 4 fully saturated rings. The van der Waals surface area contributed by atoms with E-state index in [0.717, 1.165) is 48.8 Å². The molecule has 5 rings (SSSR count). The van der Waals surface area contributed by atoms with Crippen LogP contribution in [-0.2, 0) is 27.9 Å². The molecular weight excluding hydrogens is 428 g/mol. The monoisotopic (exact) mass is 464 g/mol. The minimum atomic E-state index is -3.87. The first-order valence-electron chi connectivity index (χ1n) is 11.8. The average Bonchev–Trinajstić information content (AvgIpc) is 2.68. The summed E-state index contributed by atoms with van der Waals surface area (Å²) in [6, 6.07) is 7.15. The lowest BCUT2D eigenvalue weighted by Crippen LogP contribution is -2.61. The normalized spacial score (nSPS) is 32.2. The van der Waals surface area contributed by atoms with E-state index in [4.69, 9.17) is 15.4 Å². The van der Waals surface area contributed by atoms with Crippen LogP contribution in [0.15, 0.2) is 24.3 Å². The third-order valence-corrected chi connectivity index (χ3v) is 8.78. The van der Waals surface area contributed by atoms with Gasteiger partial charge in [0.1, 0.15) is 6.04 Å². The first-order valence-corrected chi connectivity index (χ1v) is 13.4. The quantitative estimate of drug-likeness (QED) is 0.292. The Bertz CT molecular complexity index is 933. The maximum atomic E-state index is 11.1. The van der Waals surface area contributed by atoms with Crippen LogP contribution in [0.25, 0.3) is 0 Å².